The van der Waals surface area contributed by atoms with Gasteiger partial charge in [0, 0.05) is 6.61 Å². The van der Waals surface area contributed by atoms with E-state index in [4.69, 9.17) is 4.74 Å². The summed E-state index contributed by atoms with van der Waals surface area (Å²) in [6.45, 7) is 3.36. The Balaban J connectivity index is 2.05. The molecule has 0 amide bonds. The number of hydrogen-bond acceptors (Lipinski definition) is 1. The van der Waals surface area contributed by atoms with Gasteiger partial charge in [-0.2, -0.15) is 0 Å². The Morgan fingerprint density at radius 3 is 3.00 bits per heavy atom. The molecule has 52 valence electrons. The van der Waals surface area contributed by atoms with Gasteiger partial charge in [0.15, 0.2) is 0 Å². The maximum absolute atomic E-state index is 5.59. The van der Waals surface area contributed by atoms with Crippen molar-refractivity contribution in [2.24, 2.45) is 11.8 Å². The van der Waals surface area contributed by atoms with E-state index in [1.165, 1.54) is 19.3 Å². The number of rotatable bonds is 0. The lowest BCUT2D eigenvalue weighted by molar-refractivity contribution is 0.0721. The second-order valence-corrected chi connectivity index (χ2v) is 3.53. The van der Waals surface area contributed by atoms with Gasteiger partial charge >= 0.3 is 0 Å². The van der Waals surface area contributed by atoms with E-state index in [0.29, 0.717) is 6.10 Å². The van der Waals surface area contributed by atoms with Crippen LogP contribution < -0.4 is 0 Å². The molecule has 2 aliphatic rings. The molecule has 1 nitrogen and oxygen atoms in total. The Morgan fingerprint density at radius 2 is 2.22 bits per heavy atom. The summed E-state index contributed by atoms with van der Waals surface area (Å²) in [5, 5.41) is 0. The van der Waals surface area contributed by atoms with Crippen molar-refractivity contribution in [1.82, 2.24) is 0 Å². The maximum atomic E-state index is 5.59. The van der Waals surface area contributed by atoms with E-state index in [2.05, 4.69) is 6.92 Å². The first kappa shape index (κ1) is 5.72. The van der Waals surface area contributed by atoms with Crippen molar-refractivity contribution >= 4 is 0 Å². The summed E-state index contributed by atoms with van der Waals surface area (Å²) in [5.41, 5.74) is 0. The van der Waals surface area contributed by atoms with Crippen LogP contribution in [0.3, 0.4) is 0 Å². The lowest BCUT2D eigenvalue weighted by Gasteiger charge is -2.22. The molecule has 0 N–H and O–H groups in total. The molecule has 1 aliphatic carbocycles. The minimum absolute atomic E-state index is 0.628. The summed E-state index contributed by atoms with van der Waals surface area (Å²) >= 11 is 0. The third-order valence-corrected chi connectivity index (χ3v) is 2.78. The van der Waals surface area contributed by atoms with Gasteiger partial charge in [-0.1, -0.05) is 6.92 Å². The third kappa shape index (κ3) is 0.877. The van der Waals surface area contributed by atoms with Crippen molar-refractivity contribution in [3.8, 4) is 0 Å². The molecule has 3 unspecified atom stereocenters. The zero-order valence-corrected chi connectivity index (χ0v) is 5.97. The molecule has 0 aromatic heterocycles. The maximum Gasteiger partial charge on any atom is 0.0604 e. The van der Waals surface area contributed by atoms with Crippen molar-refractivity contribution < 1.29 is 4.74 Å². The van der Waals surface area contributed by atoms with Crippen LogP contribution in [0.15, 0.2) is 0 Å². The molecule has 0 radical (unpaired) electrons. The van der Waals surface area contributed by atoms with Crippen LogP contribution in [0.1, 0.15) is 26.2 Å². The highest BCUT2D eigenvalue weighted by atomic mass is 16.5. The zero-order valence-electron chi connectivity index (χ0n) is 5.97. The monoisotopic (exact) mass is 126 g/mol. The predicted molar refractivity (Wildman–Crippen MR) is 36.2 cm³/mol. The topological polar surface area (TPSA) is 9.23 Å². The molecule has 9 heavy (non-hydrogen) atoms. The minimum atomic E-state index is 0.628. The van der Waals surface area contributed by atoms with E-state index in [1.54, 1.807) is 0 Å². The third-order valence-electron chi connectivity index (χ3n) is 2.78. The average Bonchev–Trinajstić information content (AvgIpc) is 2.25. The smallest absolute Gasteiger partial charge is 0.0604 e. The first-order chi connectivity index (χ1) is 4.36. The molecule has 2 rings (SSSR count). The molecule has 0 spiro atoms. The van der Waals surface area contributed by atoms with Crippen LogP contribution in [0.5, 0.6) is 0 Å². The van der Waals surface area contributed by atoms with Gasteiger partial charge < -0.3 is 4.74 Å². The van der Waals surface area contributed by atoms with E-state index in [1.807, 2.05) is 0 Å². The van der Waals surface area contributed by atoms with Gasteiger partial charge in [-0.05, 0) is 31.1 Å². The summed E-state index contributed by atoms with van der Waals surface area (Å²) in [6, 6.07) is 0. The fourth-order valence-corrected chi connectivity index (χ4v) is 2.01. The van der Waals surface area contributed by atoms with Gasteiger partial charge in [0.25, 0.3) is 0 Å². The lowest BCUT2D eigenvalue weighted by atomic mass is 9.84. The number of hydrogen-bond donors (Lipinski definition) is 0. The fraction of sp³-hybridized carbons (Fsp3) is 1.00. The molecular formula is C8H14O. The Morgan fingerprint density at radius 1 is 1.33 bits per heavy atom. The molecule has 2 fully saturated rings. The average molecular weight is 126 g/mol. The van der Waals surface area contributed by atoms with Crippen molar-refractivity contribution in [3.63, 3.8) is 0 Å². The second kappa shape index (κ2) is 1.98. The highest BCUT2D eigenvalue weighted by molar-refractivity contribution is 4.83. The Labute approximate surface area is 56.4 Å². The quantitative estimate of drug-likeness (QED) is 0.481. The first-order valence-electron chi connectivity index (χ1n) is 3.98. The minimum Gasteiger partial charge on any atom is -0.378 e. The molecular weight excluding hydrogens is 112 g/mol. The highest BCUT2D eigenvalue weighted by Crippen LogP contribution is 2.36. The van der Waals surface area contributed by atoms with Gasteiger partial charge in [-0.25, -0.2) is 0 Å². The van der Waals surface area contributed by atoms with Crippen LogP contribution in [0.2, 0.25) is 0 Å². The largest absolute Gasteiger partial charge is 0.378 e. The van der Waals surface area contributed by atoms with Crippen molar-refractivity contribution in [3.05, 3.63) is 0 Å². The Kier molecular flexibility index (Phi) is 1.26. The molecule has 2 bridgehead atoms. The summed E-state index contributed by atoms with van der Waals surface area (Å²) in [4.78, 5) is 0. The molecule has 1 heterocycles. The van der Waals surface area contributed by atoms with E-state index in [9.17, 15) is 0 Å². The van der Waals surface area contributed by atoms with Gasteiger partial charge in [-0.15, -0.1) is 0 Å². The second-order valence-electron chi connectivity index (χ2n) is 3.53. The van der Waals surface area contributed by atoms with E-state index in [-0.39, 0.29) is 0 Å². The summed E-state index contributed by atoms with van der Waals surface area (Å²) in [7, 11) is 0. The molecule has 1 aliphatic heterocycles. The van der Waals surface area contributed by atoms with Crippen LogP contribution in [-0.2, 0) is 4.74 Å². The summed E-state index contributed by atoms with van der Waals surface area (Å²) in [6.07, 6.45) is 4.79. The molecule has 1 saturated carbocycles. The number of ether oxygens (including phenoxy) is 1. The zero-order chi connectivity index (χ0) is 6.27. The first-order valence-corrected chi connectivity index (χ1v) is 3.98. The molecule has 1 saturated heterocycles. The molecule has 0 aromatic rings. The fourth-order valence-electron chi connectivity index (χ4n) is 2.01. The van der Waals surface area contributed by atoms with E-state index >= 15 is 0 Å². The van der Waals surface area contributed by atoms with Crippen LogP contribution in [0, 0.1) is 11.8 Å². The van der Waals surface area contributed by atoms with Crippen molar-refractivity contribution in [1.29, 1.82) is 0 Å². The SMILES string of the molecule is CC1CCC2COC1C2. The van der Waals surface area contributed by atoms with Crippen molar-refractivity contribution in [2.45, 2.75) is 32.3 Å². The van der Waals surface area contributed by atoms with Gasteiger partial charge in [-0.3, -0.25) is 0 Å². The van der Waals surface area contributed by atoms with Crippen LogP contribution >= 0.6 is 0 Å². The van der Waals surface area contributed by atoms with Crippen LogP contribution in [0.4, 0.5) is 0 Å². The van der Waals surface area contributed by atoms with Gasteiger partial charge in [0.05, 0.1) is 6.10 Å². The van der Waals surface area contributed by atoms with Crippen LogP contribution in [0.25, 0.3) is 0 Å². The van der Waals surface area contributed by atoms with Gasteiger partial charge in [0.2, 0.25) is 0 Å². The summed E-state index contributed by atoms with van der Waals surface area (Å²) < 4.78 is 5.59. The van der Waals surface area contributed by atoms with E-state index in [0.717, 1.165) is 18.4 Å². The highest BCUT2D eigenvalue weighted by Gasteiger charge is 2.33. The lowest BCUT2D eigenvalue weighted by Crippen LogP contribution is -2.20. The van der Waals surface area contributed by atoms with Crippen LogP contribution in [-0.4, -0.2) is 12.7 Å². The molecule has 3 atom stereocenters. The van der Waals surface area contributed by atoms with Crippen molar-refractivity contribution in [2.75, 3.05) is 6.61 Å². The normalized spacial score (nSPS) is 49.7. The van der Waals surface area contributed by atoms with Gasteiger partial charge in [0.1, 0.15) is 0 Å². The molecule has 0 aromatic carbocycles. The Hall–Kier alpha value is -0.0400. The standard InChI is InChI=1S/C8H14O/c1-6-2-3-7-4-8(6)9-5-7/h6-8H,2-5H2,1H3. The molecule has 1 heteroatoms. The number of fused-ring (bicyclic) bond motifs is 2. The predicted octanol–water partition coefficient (Wildman–Crippen LogP) is 1.82. The summed E-state index contributed by atoms with van der Waals surface area (Å²) in [5.74, 6) is 1.76. The van der Waals surface area contributed by atoms with E-state index < -0.39 is 0 Å². The Bertz CT molecular complexity index is 111.